The second-order valence-electron chi connectivity index (χ2n) is 5.30. The minimum absolute atomic E-state index is 0.293. The third kappa shape index (κ3) is 3.06. The van der Waals surface area contributed by atoms with E-state index in [9.17, 15) is 4.39 Å². The number of rotatable bonds is 5. The standard InChI is InChI=1S/C17H18FN5/c1-4-13-9-14(18)6-7-15(13)17-16(20-22(3)21-17)8-12-10-19-23(5-2)11-12/h4,6-7,9-11H,1,5,8H2,2-3H3. The average Bonchev–Trinajstić information content (AvgIpc) is 3.14. The van der Waals surface area contributed by atoms with E-state index in [1.807, 2.05) is 24.0 Å². The summed E-state index contributed by atoms with van der Waals surface area (Å²) in [5.41, 5.74) is 4.17. The topological polar surface area (TPSA) is 48.5 Å². The fourth-order valence-corrected chi connectivity index (χ4v) is 2.56. The van der Waals surface area contributed by atoms with E-state index >= 15 is 0 Å². The Labute approximate surface area is 134 Å². The molecule has 118 valence electrons. The van der Waals surface area contributed by atoms with Crippen LogP contribution >= 0.6 is 0 Å². The maximum Gasteiger partial charge on any atom is 0.123 e. The number of aryl methyl sites for hydroxylation is 2. The molecule has 1 aromatic carbocycles. The Kier molecular flexibility index (Phi) is 4.06. The highest BCUT2D eigenvalue weighted by atomic mass is 19.1. The fraction of sp³-hybridized carbons (Fsp3) is 0.235. The van der Waals surface area contributed by atoms with Crippen LogP contribution in [0.25, 0.3) is 17.3 Å². The predicted molar refractivity (Wildman–Crippen MR) is 87.2 cm³/mol. The van der Waals surface area contributed by atoms with Crippen molar-refractivity contribution >= 4 is 6.08 Å². The average molecular weight is 311 g/mol. The van der Waals surface area contributed by atoms with Gasteiger partial charge in [-0.05, 0) is 36.2 Å². The summed E-state index contributed by atoms with van der Waals surface area (Å²) >= 11 is 0. The Morgan fingerprint density at radius 3 is 2.83 bits per heavy atom. The zero-order valence-corrected chi connectivity index (χ0v) is 13.2. The van der Waals surface area contributed by atoms with Gasteiger partial charge in [0.2, 0.25) is 0 Å². The second-order valence-corrected chi connectivity index (χ2v) is 5.30. The third-order valence-electron chi connectivity index (χ3n) is 3.65. The molecule has 0 saturated heterocycles. The molecule has 0 aliphatic heterocycles. The maximum absolute atomic E-state index is 13.4. The van der Waals surface area contributed by atoms with E-state index in [1.165, 1.54) is 16.9 Å². The van der Waals surface area contributed by atoms with Crippen molar-refractivity contribution in [3.05, 3.63) is 59.8 Å². The van der Waals surface area contributed by atoms with Crippen LogP contribution in [0.1, 0.15) is 23.7 Å². The molecule has 0 atom stereocenters. The summed E-state index contributed by atoms with van der Waals surface area (Å²) in [6, 6.07) is 4.60. The molecule has 23 heavy (non-hydrogen) atoms. The molecule has 0 spiro atoms. The molecule has 0 saturated carbocycles. The van der Waals surface area contributed by atoms with Gasteiger partial charge in [0.15, 0.2) is 0 Å². The summed E-state index contributed by atoms with van der Waals surface area (Å²) < 4.78 is 15.3. The minimum Gasteiger partial charge on any atom is -0.273 e. The number of nitrogens with zero attached hydrogens (tertiary/aromatic N) is 5. The Bertz CT molecular complexity index is 847. The first kappa shape index (κ1) is 15.1. The van der Waals surface area contributed by atoms with Crippen molar-refractivity contribution in [1.29, 1.82) is 0 Å². The van der Waals surface area contributed by atoms with E-state index in [0.29, 0.717) is 12.0 Å². The Morgan fingerprint density at radius 1 is 1.30 bits per heavy atom. The SMILES string of the molecule is C=Cc1cc(F)ccc1-c1nn(C)nc1Cc1cnn(CC)c1. The van der Waals surface area contributed by atoms with Gasteiger partial charge in [-0.1, -0.05) is 12.7 Å². The summed E-state index contributed by atoms with van der Waals surface area (Å²) in [5.74, 6) is -0.293. The van der Waals surface area contributed by atoms with Crippen molar-refractivity contribution in [3.8, 4) is 11.3 Å². The Balaban J connectivity index is 2.02. The van der Waals surface area contributed by atoms with Gasteiger partial charge in [0, 0.05) is 31.8 Å². The molecule has 0 aliphatic carbocycles. The number of benzene rings is 1. The van der Waals surface area contributed by atoms with Gasteiger partial charge < -0.3 is 0 Å². The van der Waals surface area contributed by atoms with Crippen LogP contribution in [0.3, 0.4) is 0 Å². The first-order valence-electron chi connectivity index (χ1n) is 7.44. The quantitative estimate of drug-likeness (QED) is 0.727. The molecule has 0 bridgehead atoms. The zero-order valence-electron chi connectivity index (χ0n) is 13.2. The molecule has 3 aromatic rings. The summed E-state index contributed by atoms with van der Waals surface area (Å²) in [6.45, 7) is 6.62. The number of halogens is 1. The molecule has 0 unspecified atom stereocenters. The van der Waals surface area contributed by atoms with Crippen LogP contribution in [0, 0.1) is 5.82 Å². The smallest absolute Gasteiger partial charge is 0.123 e. The van der Waals surface area contributed by atoms with Gasteiger partial charge in [-0.25, -0.2) is 4.39 Å². The second kappa shape index (κ2) is 6.16. The van der Waals surface area contributed by atoms with E-state index in [1.54, 1.807) is 19.2 Å². The molecule has 5 nitrogen and oxygen atoms in total. The largest absolute Gasteiger partial charge is 0.273 e. The van der Waals surface area contributed by atoms with Gasteiger partial charge in [-0.3, -0.25) is 4.68 Å². The van der Waals surface area contributed by atoms with Crippen molar-refractivity contribution in [2.45, 2.75) is 19.9 Å². The summed E-state index contributed by atoms with van der Waals surface area (Å²) in [5, 5.41) is 13.2. The first-order chi connectivity index (χ1) is 11.1. The Hall–Kier alpha value is -2.76. The summed E-state index contributed by atoms with van der Waals surface area (Å²) in [4.78, 5) is 1.53. The predicted octanol–water partition coefficient (Wildman–Crippen LogP) is 3.07. The van der Waals surface area contributed by atoms with Crippen molar-refractivity contribution < 1.29 is 4.39 Å². The molecule has 0 N–H and O–H groups in total. The van der Waals surface area contributed by atoms with Crippen molar-refractivity contribution in [2.24, 2.45) is 7.05 Å². The Morgan fingerprint density at radius 2 is 2.13 bits per heavy atom. The minimum atomic E-state index is -0.293. The van der Waals surface area contributed by atoms with Crippen LogP contribution in [-0.4, -0.2) is 24.8 Å². The molecule has 3 rings (SSSR count). The monoisotopic (exact) mass is 311 g/mol. The zero-order chi connectivity index (χ0) is 16.4. The molecular formula is C17H18FN5. The number of hydrogen-bond acceptors (Lipinski definition) is 3. The van der Waals surface area contributed by atoms with E-state index in [2.05, 4.69) is 21.9 Å². The third-order valence-corrected chi connectivity index (χ3v) is 3.65. The van der Waals surface area contributed by atoms with Gasteiger partial charge in [0.05, 0.1) is 11.9 Å². The molecular weight excluding hydrogens is 293 g/mol. The normalized spacial score (nSPS) is 10.9. The van der Waals surface area contributed by atoms with Gasteiger partial charge >= 0.3 is 0 Å². The van der Waals surface area contributed by atoms with Gasteiger partial charge in [-0.2, -0.15) is 20.1 Å². The van der Waals surface area contributed by atoms with Gasteiger partial charge in [0.1, 0.15) is 11.5 Å². The van der Waals surface area contributed by atoms with Crippen molar-refractivity contribution in [3.63, 3.8) is 0 Å². The van der Waals surface area contributed by atoms with E-state index in [-0.39, 0.29) is 5.82 Å². The maximum atomic E-state index is 13.4. The lowest BCUT2D eigenvalue weighted by atomic mass is 10.0. The first-order valence-corrected chi connectivity index (χ1v) is 7.44. The number of aromatic nitrogens is 5. The van der Waals surface area contributed by atoms with Crippen LogP contribution in [0.4, 0.5) is 4.39 Å². The van der Waals surface area contributed by atoms with Crippen LogP contribution in [0.5, 0.6) is 0 Å². The lowest BCUT2D eigenvalue weighted by Gasteiger charge is -2.05. The van der Waals surface area contributed by atoms with Crippen LogP contribution in [0.15, 0.2) is 37.2 Å². The molecule has 2 aromatic heterocycles. The van der Waals surface area contributed by atoms with Gasteiger partial charge in [-0.15, -0.1) is 0 Å². The molecule has 6 heteroatoms. The van der Waals surface area contributed by atoms with E-state index < -0.39 is 0 Å². The lowest BCUT2D eigenvalue weighted by Crippen LogP contribution is -1.95. The lowest BCUT2D eigenvalue weighted by molar-refractivity contribution is 0.627. The molecule has 0 amide bonds. The van der Waals surface area contributed by atoms with Crippen LogP contribution < -0.4 is 0 Å². The molecule has 2 heterocycles. The highest BCUT2D eigenvalue weighted by Crippen LogP contribution is 2.27. The highest BCUT2D eigenvalue weighted by Gasteiger charge is 2.16. The van der Waals surface area contributed by atoms with Crippen LogP contribution in [0.2, 0.25) is 0 Å². The van der Waals surface area contributed by atoms with Crippen molar-refractivity contribution in [1.82, 2.24) is 24.8 Å². The molecule has 0 fully saturated rings. The van der Waals surface area contributed by atoms with Gasteiger partial charge in [0.25, 0.3) is 0 Å². The summed E-state index contributed by atoms with van der Waals surface area (Å²) in [7, 11) is 1.78. The molecule has 0 radical (unpaired) electrons. The van der Waals surface area contributed by atoms with E-state index in [4.69, 9.17) is 0 Å². The fourth-order valence-electron chi connectivity index (χ4n) is 2.56. The number of hydrogen-bond donors (Lipinski definition) is 0. The molecule has 0 aliphatic rings. The summed E-state index contributed by atoms with van der Waals surface area (Å²) in [6.07, 6.45) is 6.09. The van der Waals surface area contributed by atoms with E-state index in [0.717, 1.165) is 29.1 Å². The van der Waals surface area contributed by atoms with Crippen molar-refractivity contribution in [2.75, 3.05) is 0 Å². The highest BCUT2D eigenvalue weighted by molar-refractivity contribution is 5.73. The van der Waals surface area contributed by atoms with Crippen LogP contribution in [-0.2, 0) is 20.0 Å².